The summed E-state index contributed by atoms with van der Waals surface area (Å²) >= 11 is 1.86. The molecule has 0 radical (unpaired) electrons. The molecule has 0 bridgehead atoms. The van der Waals surface area contributed by atoms with Gasteiger partial charge >= 0.3 is 0 Å². The third-order valence-electron chi connectivity index (χ3n) is 2.24. The molecule has 0 amide bonds. The molecule has 0 aliphatic heterocycles. The second kappa shape index (κ2) is 3.70. The minimum atomic E-state index is 0.289. The van der Waals surface area contributed by atoms with E-state index in [1.54, 1.807) is 0 Å². The highest BCUT2D eigenvalue weighted by Gasteiger charge is 2.16. The first-order valence-electron chi connectivity index (χ1n) is 4.75. The molecule has 1 nitrogen and oxygen atoms in total. The van der Waals surface area contributed by atoms with Crippen LogP contribution in [0.15, 0.2) is 11.4 Å². The van der Waals surface area contributed by atoms with Gasteiger partial charge in [-0.2, -0.15) is 0 Å². The number of thiophene rings is 1. The van der Waals surface area contributed by atoms with Gasteiger partial charge in [-0.15, -0.1) is 11.3 Å². The van der Waals surface area contributed by atoms with Crippen LogP contribution in [0.2, 0.25) is 0 Å². The highest BCUT2D eigenvalue weighted by atomic mass is 32.1. The van der Waals surface area contributed by atoms with Crippen molar-refractivity contribution in [1.82, 2.24) is 0 Å². The lowest BCUT2D eigenvalue weighted by Gasteiger charge is -2.17. The summed E-state index contributed by atoms with van der Waals surface area (Å²) in [7, 11) is 2.13. The molecule has 1 rings (SSSR count). The molecule has 0 fully saturated rings. The van der Waals surface area contributed by atoms with Crippen molar-refractivity contribution in [3.05, 3.63) is 16.3 Å². The van der Waals surface area contributed by atoms with Crippen LogP contribution in [0.3, 0.4) is 0 Å². The maximum absolute atomic E-state index is 2.30. The molecule has 1 aromatic rings. The van der Waals surface area contributed by atoms with Crippen LogP contribution in [0.25, 0.3) is 0 Å². The average Bonchev–Trinajstić information content (AvgIpc) is 2.50. The number of anilines is 1. The molecule has 0 N–H and O–H groups in total. The summed E-state index contributed by atoms with van der Waals surface area (Å²) in [5, 5.41) is 2.24. The molecule has 0 aliphatic rings. The molecule has 0 aliphatic carbocycles. The van der Waals surface area contributed by atoms with Gasteiger partial charge in [0.25, 0.3) is 0 Å². The molecule has 2 heteroatoms. The summed E-state index contributed by atoms with van der Waals surface area (Å²) in [4.78, 5) is 3.73. The van der Waals surface area contributed by atoms with E-state index in [0.29, 0.717) is 0 Å². The first-order valence-corrected chi connectivity index (χ1v) is 5.63. The van der Waals surface area contributed by atoms with E-state index in [9.17, 15) is 0 Å². The topological polar surface area (TPSA) is 3.24 Å². The summed E-state index contributed by atoms with van der Waals surface area (Å²) in [6.45, 7) is 10.0. The molecule has 0 saturated heterocycles. The summed E-state index contributed by atoms with van der Waals surface area (Å²) in [6.07, 6.45) is 0. The lowest BCUT2D eigenvalue weighted by Crippen LogP contribution is -2.15. The molecule has 1 heterocycles. The van der Waals surface area contributed by atoms with Crippen LogP contribution in [0, 0.1) is 0 Å². The first kappa shape index (κ1) is 10.6. The van der Waals surface area contributed by atoms with Gasteiger partial charge in [0.2, 0.25) is 0 Å². The van der Waals surface area contributed by atoms with Gasteiger partial charge in [-0.1, -0.05) is 20.8 Å². The molecular weight excluding hydrogens is 178 g/mol. The van der Waals surface area contributed by atoms with E-state index in [1.807, 2.05) is 11.3 Å². The van der Waals surface area contributed by atoms with E-state index in [0.717, 1.165) is 6.54 Å². The van der Waals surface area contributed by atoms with E-state index < -0.39 is 0 Å². The standard InChI is InChI=1S/C11H19NS/c1-6-12(5)9-7-10(13-8-9)11(2,3)4/h7-8H,6H2,1-5H3. The minimum absolute atomic E-state index is 0.289. The lowest BCUT2D eigenvalue weighted by atomic mass is 9.95. The number of nitrogens with zero attached hydrogens (tertiary/aromatic N) is 1. The van der Waals surface area contributed by atoms with Crippen LogP contribution in [0.5, 0.6) is 0 Å². The van der Waals surface area contributed by atoms with Gasteiger partial charge in [-0.25, -0.2) is 0 Å². The Labute approximate surface area is 85.4 Å². The van der Waals surface area contributed by atoms with Crippen molar-refractivity contribution in [1.29, 1.82) is 0 Å². The zero-order chi connectivity index (χ0) is 10.1. The molecule has 0 atom stereocenters. The predicted octanol–water partition coefficient (Wildman–Crippen LogP) is 3.50. The van der Waals surface area contributed by atoms with E-state index in [4.69, 9.17) is 0 Å². The fraction of sp³-hybridized carbons (Fsp3) is 0.636. The van der Waals surface area contributed by atoms with Gasteiger partial charge in [0, 0.05) is 29.5 Å². The third kappa shape index (κ3) is 2.47. The maximum Gasteiger partial charge on any atom is 0.0475 e. The smallest absolute Gasteiger partial charge is 0.0475 e. The summed E-state index contributed by atoms with van der Waals surface area (Å²) < 4.78 is 0. The van der Waals surface area contributed by atoms with E-state index >= 15 is 0 Å². The zero-order valence-electron chi connectivity index (χ0n) is 9.22. The van der Waals surface area contributed by atoms with Gasteiger partial charge in [-0.05, 0) is 18.4 Å². The highest BCUT2D eigenvalue weighted by Crippen LogP contribution is 2.31. The molecule has 0 spiro atoms. The van der Waals surface area contributed by atoms with Crippen LogP contribution in [0.4, 0.5) is 5.69 Å². The van der Waals surface area contributed by atoms with Crippen LogP contribution < -0.4 is 4.90 Å². The van der Waals surface area contributed by atoms with Crippen molar-refractivity contribution in [2.24, 2.45) is 0 Å². The second-order valence-corrected chi connectivity index (χ2v) is 5.34. The molecule has 0 unspecified atom stereocenters. The number of hydrogen-bond donors (Lipinski definition) is 0. The molecule has 1 aromatic heterocycles. The molecule has 74 valence electrons. The summed E-state index contributed by atoms with van der Waals surface area (Å²) in [5.74, 6) is 0. The Morgan fingerprint density at radius 3 is 2.38 bits per heavy atom. The van der Waals surface area contributed by atoms with Crippen molar-refractivity contribution >= 4 is 17.0 Å². The zero-order valence-corrected chi connectivity index (χ0v) is 10.0. The SMILES string of the molecule is CCN(C)c1csc(C(C)(C)C)c1. The highest BCUT2D eigenvalue weighted by molar-refractivity contribution is 7.10. The van der Waals surface area contributed by atoms with Crippen molar-refractivity contribution in [3.8, 4) is 0 Å². The lowest BCUT2D eigenvalue weighted by molar-refractivity contribution is 0.604. The van der Waals surface area contributed by atoms with Crippen molar-refractivity contribution < 1.29 is 0 Å². The Hall–Kier alpha value is -0.500. The second-order valence-electron chi connectivity index (χ2n) is 4.43. The minimum Gasteiger partial charge on any atom is -0.374 e. The molecule has 0 aromatic carbocycles. The Bertz CT molecular complexity index is 270. The van der Waals surface area contributed by atoms with Crippen LogP contribution in [-0.2, 0) is 5.41 Å². The monoisotopic (exact) mass is 197 g/mol. The average molecular weight is 197 g/mol. The summed E-state index contributed by atoms with van der Waals surface area (Å²) in [5.41, 5.74) is 1.63. The fourth-order valence-corrected chi connectivity index (χ4v) is 2.14. The number of rotatable bonds is 2. The van der Waals surface area contributed by atoms with Gasteiger partial charge in [-0.3, -0.25) is 0 Å². The Morgan fingerprint density at radius 2 is 2.00 bits per heavy atom. The van der Waals surface area contributed by atoms with Crippen LogP contribution in [-0.4, -0.2) is 13.6 Å². The van der Waals surface area contributed by atoms with Gasteiger partial charge in [0.05, 0.1) is 0 Å². The van der Waals surface area contributed by atoms with Gasteiger partial charge < -0.3 is 4.90 Å². The van der Waals surface area contributed by atoms with E-state index in [1.165, 1.54) is 10.6 Å². The van der Waals surface area contributed by atoms with Gasteiger partial charge in [0.1, 0.15) is 0 Å². The fourth-order valence-electron chi connectivity index (χ4n) is 1.10. The maximum atomic E-state index is 2.30. The number of hydrogen-bond acceptors (Lipinski definition) is 2. The van der Waals surface area contributed by atoms with Crippen LogP contribution in [0.1, 0.15) is 32.6 Å². The van der Waals surface area contributed by atoms with Crippen LogP contribution >= 0.6 is 11.3 Å². The Morgan fingerprint density at radius 1 is 1.38 bits per heavy atom. The molecule has 0 saturated carbocycles. The van der Waals surface area contributed by atoms with Gasteiger partial charge in [0.15, 0.2) is 0 Å². The van der Waals surface area contributed by atoms with Crippen molar-refractivity contribution in [3.63, 3.8) is 0 Å². The molecular formula is C11H19NS. The Kier molecular flexibility index (Phi) is 3.01. The largest absolute Gasteiger partial charge is 0.374 e. The third-order valence-corrected chi connectivity index (χ3v) is 3.58. The molecule has 13 heavy (non-hydrogen) atoms. The first-order chi connectivity index (χ1) is 5.95. The van der Waals surface area contributed by atoms with E-state index in [-0.39, 0.29) is 5.41 Å². The quantitative estimate of drug-likeness (QED) is 0.701. The van der Waals surface area contributed by atoms with Crippen molar-refractivity contribution in [2.75, 3.05) is 18.5 Å². The normalized spacial score (nSPS) is 11.8. The predicted molar refractivity (Wildman–Crippen MR) is 62.0 cm³/mol. The van der Waals surface area contributed by atoms with E-state index in [2.05, 4.69) is 51.1 Å². The summed E-state index contributed by atoms with van der Waals surface area (Å²) in [6, 6.07) is 2.30. The Balaban J connectivity index is 2.87. The van der Waals surface area contributed by atoms with Crippen molar-refractivity contribution in [2.45, 2.75) is 33.1 Å².